The van der Waals surface area contributed by atoms with E-state index in [9.17, 15) is 54.5 Å². The van der Waals surface area contributed by atoms with Gasteiger partial charge in [-0.15, -0.1) is 0 Å². The first-order valence-electron chi connectivity index (χ1n) is 11.3. The van der Waals surface area contributed by atoms with Crippen LogP contribution in [-0.4, -0.2) is 43.8 Å². The van der Waals surface area contributed by atoms with E-state index in [2.05, 4.69) is 4.98 Å². The highest BCUT2D eigenvalue weighted by molar-refractivity contribution is 5.95. The Morgan fingerprint density at radius 3 is 2.00 bits per heavy atom. The molecule has 3 aromatic rings. The Morgan fingerprint density at radius 1 is 0.897 bits per heavy atom. The summed E-state index contributed by atoms with van der Waals surface area (Å²) in [6.45, 7) is -0.258. The molecule has 0 aliphatic rings. The van der Waals surface area contributed by atoms with Crippen LogP contribution in [-0.2, 0) is 25.5 Å². The Balaban J connectivity index is 2.07. The number of aryl methyl sites for hydroxylation is 1. The van der Waals surface area contributed by atoms with Crippen molar-refractivity contribution in [3.05, 3.63) is 76.9 Å². The van der Waals surface area contributed by atoms with Gasteiger partial charge in [0.15, 0.2) is 0 Å². The minimum atomic E-state index is -7.10. The lowest BCUT2D eigenvalue weighted by Crippen LogP contribution is -2.59. The molecule has 5 nitrogen and oxygen atoms in total. The van der Waals surface area contributed by atoms with Gasteiger partial charge in [-0.05, 0) is 29.2 Å². The van der Waals surface area contributed by atoms with Gasteiger partial charge in [0.05, 0.1) is 17.9 Å². The van der Waals surface area contributed by atoms with E-state index >= 15 is 0 Å². The molecule has 0 bridgehead atoms. The van der Waals surface area contributed by atoms with Crippen molar-refractivity contribution < 1.29 is 54.5 Å². The molecule has 0 aliphatic heterocycles. The fourth-order valence-corrected chi connectivity index (χ4v) is 3.97. The number of carboxylic acid groups (broad SMARTS) is 1. The Labute approximate surface area is 215 Å². The summed E-state index contributed by atoms with van der Waals surface area (Å²) < 4.78 is 123. The van der Waals surface area contributed by atoms with Gasteiger partial charge in [-0.1, -0.05) is 49.4 Å². The van der Waals surface area contributed by atoms with E-state index in [0.717, 1.165) is 4.57 Å². The molecule has 39 heavy (non-hydrogen) atoms. The van der Waals surface area contributed by atoms with Gasteiger partial charge in [0.25, 0.3) is 0 Å². The summed E-state index contributed by atoms with van der Waals surface area (Å²) in [6.07, 6.45) is -6.95. The summed E-state index contributed by atoms with van der Waals surface area (Å²) in [5.41, 5.74) is -2.01. The zero-order valence-electron chi connectivity index (χ0n) is 20.0. The smallest absolute Gasteiger partial charge is 0.460 e. The zero-order chi connectivity index (χ0) is 29.4. The van der Waals surface area contributed by atoms with Crippen molar-refractivity contribution in [1.82, 2.24) is 9.55 Å². The molecule has 0 aliphatic carbocycles. The van der Waals surface area contributed by atoms with Gasteiger partial charge in [-0.25, -0.2) is 9.78 Å². The van der Waals surface area contributed by atoms with E-state index in [0.29, 0.717) is 16.7 Å². The second-order valence-corrected chi connectivity index (χ2v) is 8.59. The molecule has 1 heterocycles. The quantitative estimate of drug-likeness (QED) is 0.268. The van der Waals surface area contributed by atoms with Crippen molar-refractivity contribution in [2.45, 2.75) is 56.9 Å². The number of aliphatic hydroxyl groups is 1. The molecule has 0 saturated heterocycles. The van der Waals surface area contributed by atoms with Crippen molar-refractivity contribution in [2.75, 3.05) is 0 Å². The largest absolute Gasteiger partial charge is 0.478 e. The molecular formula is C25H21F9N2O3. The molecule has 3 rings (SSSR count). The lowest BCUT2D eigenvalue weighted by atomic mass is 9.98. The second kappa shape index (κ2) is 10.5. The fraction of sp³-hybridized carbons (Fsp3) is 0.360. The van der Waals surface area contributed by atoms with Crippen LogP contribution in [0.3, 0.4) is 0 Å². The van der Waals surface area contributed by atoms with E-state index in [1.54, 1.807) is 19.1 Å². The van der Waals surface area contributed by atoms with E-state index in [-0.39, 0.29) is 24.2 Å². The van der Waals surface area contributed by atoms with Gasteiger partial charge in [0, 0.05) is 13.0 Å². The molecular weight excluding hydrogens is 547 g/mol. The molecule has 2 aromatic carbocycles. The van der Waals surface area contributed by atoms with Gasteiger partial charge >= 0.3 is 29.9 Å². The zero-order valence-corrected chi connectivity index (χ0v) is 20.0. The summed E-state index contributed by atoms with van der Waals surface area (Å²) in [7, 11) is 0. The number of carbonyl (C=O) groups is 1. The van der Waals surface area contributed by atoms with Gasteiger partial charge < -0.3 is 14.8 Å². The molecule has 14 heteroatoms. The number of imidazole rings is 1. The van der Waals surface area contributed by atoms with Crippen LogP contribution in [0, 0.1) is 0 Å². The van der Waals surface area contributed by atoms with Crippen LogP contribution >= 0.6 is 0 Å². The molecule has 0 atom stereocenters. The van der Waals surface area contributed by atoms with E-state index in [4.69, 9.17) is 0 Å². The van der Waals surface area contributed by atoms with E-state index < -0.39 is 54.5 Å². The highest BCUT2D eigenvalue weighted by Crippen LogP contribution is 2.57. The summed E-state index contributed by atoms with van der Waals surface area (Å²) >= 11 is 0. The molecule has 0 fully saturated rings. The number of hydrogen-bond donors (Lipinski definition) is 2. The first-order chi connectivity index (χ1) is 18.0. The maximum Gasteiger partial charge on any atom is 0.460 e. The SMILES string of the molecule is CCCc1nc(C(F)(F)C(F)(F)C(F)(F)C(F)(F)F)c(CO)n1Cc1ccc(-c2ccccc2C(=O)O)cc1. The van der Waals surface area contributed by atoms with Gasteiger partial charge in [-0.3, -0.25) is 0 Å². The number of rotatable bonds is 10. The normalized spacial score (nSPS) is 13.1. The van der Waals surface area contributed by atoms with E-state index in [1.807, 2.05) is 0 Å². The first-order valence-corrected chi connectivity index (χ1v) is 11.3. The third-order valence-electron chi connectivity index (χ3n) is 5.98. The lowest BCUT2D eigenvalue weighted by Gasteiger charge is -2.33. The van der Waals surface area contributed by atoms with Gasteiger partial charge in [0.1, 0.15) is 11.5 Å². The molecule has 212 valence electrons. The van der Waals surface area contributed by atoms with Crippen molar-refractivity contribution >= 4 is 5.97 Å². The van der Waals surface area contributed by atoms with Crippen LogP contribution in [0.5, 0.6) is 0 Å². The monoisotopic (exact) mass is 568 g/mol. The van der Waals surface area contributed by atoms with E-state index in [1.165, 1.54) is 36.4 Å². The summed E-state index contributed by atoms with van der Waals surface area (Å²) in [4.78, 5) is 14.8. The minimum absolute atomic E-state index is 0.00359. The maximum absolute atomic E-state index is 14.8. The van der Waals surface area contributed by atoms with Crippen LogP contribution in [0.2, 0.25) is 0 Å². The number of aromatic carboxylic acids is 1. The van der Waals surface area contributed by atoms with Crippen LogP contribution in [0.25, 0.3) is 11.1 Å². The summed E-state index contributed by atoms with van der Waals surface area (Å²) in [5.74, 6) is -21.7. The topological polar surface area (TPSA) is 75.4 Å². The number of carboxylic acids is 1. The Hall–Kier alpha value is -3.55. The minimum Gasteiger partial charge on any atom is -0.478 e. The van der Waals surface area contributed by atoms with Crippen molar-refractivity contribution in [3.63, 3.8) is 0 Å². The summed E-state index contributed by atoms with van der Waals surface area (Å²) in [5, 5.41) is 19.1. The molecule has 1 aromatic heterocycles. The number of halogens is 9. The average Bonchev–Trinajstić information content (AvgIpc) is 3.21. The van der Waals surface area contributed by atoms with Crippen molar-refractivity contribution in [1.29, 1.82) is 0 Å². The molecule has 0 saturated carbocycles. The standard InChI is InChI=1S/C25H21F9N2O3/c1-2-5-19-35-20(22(26,27)23(28,29)24(30,31)25(32,33)34)18(13-37)36(19)12-14-8-10-15(11-9-14)16-6-3-4-7-17(16)21(38)39/h3-4,6-11,37H,2,5,12-13H2,1H3,(H,38,39). The molecule has 0 amide bonds. The van der Waals surface area contributed by atoms with Crippen LogP contribution in [0.15, 0.2) is 48.5 Å². The molecule has 0 radical (unpaired) electrons. The first kappa shape index (κ1) is 30.0. The predicted octanol–water partition coefficient (Wildman–Crippen LogP) is 6.67. The lowest BCUT2D eigenvalue weighted by molar-refractivity contribution is -0.400. The van der Waals surface area contributed by atoms with Crippen molar-refractivity contribution in [2.24, 2.45) is 0 Å². The number of aromatic nitrogens is 2. The van der Waals surface area contributed by atoms with Crippen LogP contribution < -0.4 is 0 Å². The predicted molar refractivity (Wildman–Crippen MR) is 120 cm³/mol. The Morgan fingerprint density at radius 2 is 1.49 bits per heavy atom. The number of benzene rings is 2. The summed E-state index contributed by atoms with van der Waals surface area (Å²) in [6, 6.07) is 11.9. The van der Waals surface area contributed by atoms with Gasteiger partial charge in [-0.2, -0.15) is 39.5 Å². The van der Waals surface area contributed by atoms with Crippen LogP contribution in [0.4, 0.5) is 39.5 Å². The number of aliphatic hydroxyl groups excluding tert-OH is 1. The number of nitrogens with zero attached hydrogens (tertiary/aromatic N) is 2. The number of alkyl halides is 9. The third kappa shape index (κ3) is 5.21. The average molecular weight is 568 g/mol. The Bertz CT molecular complexity index is 1330. The molecule has 2 N–H and O–H groups in total. The van der Waals surface area contributed by atoms with Crippen molar-refractivity contribution in [3.8, 4) is 11.1 Å². The van der Waals surface area contributed by atoms with Gasteiger partial charge in [0.2, 0.25) is 0 Å². The third-order valence-corrected chi connectivity index (χ3v) is 5.98. The number of hydrogen-bond acceptors (Lipinski definition) is 3. The molecule has 0 unspecified atom stereocenters. The Kier molecular flexibility index (Phi) is 8.11. The highest BCUT2D eigenvalue weighted by Gasteiger charge is 2.82. The van der Waals surface area contributed by atoms with Crippen LogP contribution in [0.1, 0.15) is 46.5 Å². The highest BCUT2D eigenvalue weighted by atomic mass is 19.4. The fourth-order valence-electron chi connectivity index (χ4n) is 3.97. The molecule has 0 spiro atoms. The maximum atomic E-state index is 14.8. The second-order valence-electron chi connectivity index (χ2n) is 8.59.